The Morgan fingerprint density at radius 3 is 2.77 bits per heavy atom. The van der Waals surface area contributed by atoms with Gasteiger partial charge in [0.2, 0.25) is 0 Å². The number of fused-ring (bicyclic) bond motifs is 3. The van der Waals surface area contributed by atoms with Crippen LogP contribution < -0.4 is 10.1 Å². The normalized spacial score (nSPS) is 18.0. The van der Waals surface area contributed by atoms with E-state index in [4.69, 9.17) is 14.7 Å². The largest absolute Gasteiger partial charge is 0.497 e. The molecule has 0 radical (unpaired) electrons. The molecule has 1 N–H and O–H groups in total. The zero-order valence-electron chi connectivity index (χ0n) is 18.6. The van der Waals surface area contributed by atoms with Crippen molar-refractivity contribution in [2.45, 2.75) is 57.9 Å². The van der Waals surface area contributed by atoms with Crippen molar-refractivity contribution >= 4 is 27.4 Å². The van der Waals surface area contributed by atoms with E-state index in [0.717, 1.165) is 48.3 Å². The Balaban J connectivity index is 1.48. The molecular weight excluding hydrogens is 404 g/mol. The van der Waals surface area contributed by atoms with Crippen molar-refractivity contribution in [1.82, 2.24) is 14.9 Å². The summed E-state index contributed by atoms with van der Waals surface area (Å²) in [6.45, 7) is 5.14. The summed E-state index contributed by atoms with van der Waals surface area (Å²) in [6, 6.07) is 8.84. The number of thiophene rings is 1. The lowest BCUT2D eigenvalue weighted by Gasteiger charge is -2.29. The maximum absolute atomic E-state index is 5.51. The highest BCUT2D eigenvalue weighted by atomic mass is 32.1. The first-order valence-corrected chi connectivity index (χ1v) is 12.5. The minimum atomic E-state index is 0.306. The summed E-state index contributed by atoms with van der Waals surface area (Å²) in [7, 11) is 1.74. The Hall–Kier alpha value is -2.18. The monoisotopic (exact) mass is 436 g/mol. The molecule has 3 aromatic rings. The highest BCUT2D eigenvalue weighted by Gasteiger charge is 2.25. The Kier molecular flexibility index (Phi) is 6.10. The van der Waals surface area contributed by atoms with Gasteiger partial charge in [0.15, 0.2) is 0 Å². The molecule has 3 heterocycles. The van der Waals surface area contributed by atoms with Crippen molar-refractivity contribution in [3.05, 3.63) is 46.1 Å². The van der Waals surface area contributed by atoms with E-state index < -0.39 is 0 Å². The van der Waals surface area contributed by atoms with Crippen LogP contribution in [0.2, 0.25) is 0 Å². The molecule has 164 valence electrons. The van der Waals surface area contributed by atoms with Crippen LogP contribution >= 0.6 is 11.3 Å². The standard InChI is InChI=1S/C25H32N4OS/c1-17-27-24(23-20-11-4-3-5-12-22(20)31-25(23)28-17)26-16-21(29-13-6-7-14-29)18-9-8-10-19(15-18)30-2/h8-10,15,21H,3-7,11-14,16H2,1-2H3,(H,26,27,28)/t21-/m0/s1. The molecule has 1 aromatic carbocycles. The number of ether oxygens (including phenoxy) is 1. The third-order valence-corrected chi connectivity index (χ3v) is 7.89. The molecule has 31 heavy (non-hydrogen) atoms. The molecule has 5 nitrogen and oxygen atoms in total. The third kappa shape index (κ3) is 4.28. The summed E-state index contributed by atoms with van der Waals surface area (Å²) in [5, 5.41) is 5.05. The van der Waals surface area contributed by atoms with E-state index in [9.17, 15) is 0 Å². The van der Waals surface area contributed by atoms with Gasteiger partial charge in [-0.2, -0.15) is 0 Å². The fraction of sp³-hybridized carbons (Fsp3) is 0.520. The van der Waals surface area contributed by atoms with Gasteiger partial charge >= 0.3 is 0 Å². The summed E-state index contributed by atoms with van der Waals surface area (Å²) < 4.78 is 5.51. The Morgan fingerprint density at radius 1 is 1.10 bits per heavy atom. The Bertz CT molecular complexity index is 1060. The highest BCUT2D eigenvalue weighted by molar-refractivity contribution is 7.19. The molecule has 1 atom stereocenters. The topological polar surface area (TPSA) is 50.3 Å². The van der Waals surface area contributed by atoms with E-state index in [-0.39, 0.29) is 0 Å². The summed E-state index contributed by atoms with van der Waals surface area (Å²) in [5.41, 5.74) is 2.80. The molecule has 2 aliphatic rings. The summed E-state index contributed by atoms with van der Waals surface area (Å²) in [4.78, 5) is 15.0. The first-order valence-electron chi connectivity index (χ1n) is 11.6. The first-order chi connectivity index (χ1) is 15.2. The number of anilines is 1. The van der Waals surface area contributed by atoms with Crippen molar-refractivity contribution in [2.24, 2.45) is 0 Å². The lowest BCUT2D eigenvalue weighted by Crippen LogP contribution is -2.31. The van der Waals surface area contributed by atoms with Crippen molar-refractivity contribution in [3.8, 4) is 5.75 Å². The molecule has 0 saturated carbocycles. The van der Waals surface area contributed by atoms with Crippen LogP contribution in [0.3, 0.4) is 0 Å². The molecule has 1 aliphatic carbocycles. The number of benzene rings is 1. The zero-order chi connectivity index (χ0) is 21.2. The molecule has 6 heteroatoms. The van der Waals surface area contributed by atoms with Crippen molar-refractivity contribution in [2.75, 3.05) is 32.1 Å². The van der Waals surface area contributed by atoms with E-state index in [2.05, 4.69) is 28.4 Å². The maximum Gasteiger partial charge on any atom is 0.138 e. The molecule has 2 aromatic heterocycles. The van der Waals surface area contributed by atoms with Crippen LogP contribution in [0.5, 0.6) is 5.75 Å². The van der Waals surface area contributed by atoms with Gasteiger partial charge in [-0.15, -0.1) is 11.3 Å². The number of aromatic nitrogens is 2. The SMILES string of the molecule is COc1cccc([C@H](CNc2nc(C)nc3sc4c(c23)CCCCC4)N2CCCC2)c1. The average molecular weight is 437 g/mol. The van der Waals surface area contributed by atoms with Crippen molar-refractivity contribution in [1.29, 1.82) is 0 Å². The first kappa shape index (κ1) is 20.7. The molecule has 1 fully saturated rings. The Labute approximate surface area is 188 Å². The van der Waals surface area contributed by atoms with Crippen molar-refractivity contribution < 1.29 is 4.74 Å². The van der Waals surface area contributed by atoms with Crippen molar-refractivity contribution in [3.63, 3.8) is 0 Å². The van der Waals surface area contributed by atoms with Gasteiger partial charge in [-0.25, -0.2) is 9.97 Å². The van der Waals surface area contributed by atoms with Gasteiger partial charge in [0.1, 0.15) is 22.2 Å². The van der Waals surface area contributed by atoms with Crippen LogP contribution in [0.25, 0.3) is 10.2 Å². The van der Waals surface area contributed by atoms with Crippen LogP contribution in [0.15, 0.2) is 24.3 Å². The predicted octanol–water partition coefficient (Wildman–Crippen LogP) is 5.53. The number of rotatable bonds is 6. The fourth-order valence-corrected chi connectivity index (χ4v) is 6.43. The van der Waals surface area contributed by atoms with E-state index in [1.165, 1.54) is 59.9 Å². The molecule has 1 aliphatic heterocycles. The number of hydrogen-bond donors (Lipinski definition) is 1. The quantitative estimate of drug-likeness (QED) is 0.515. The van der Waals surface area contributed by atoms with E-state index in [1.54, 1.807) is 7.11 Å². The second-order valence-corrected chi connectivity index (χ2v) is 9.86. The predicted molar refractivity (Wildman–Crippen MR) is 128 cm³/mol. The number of likely N-dealkylation sites (tertiary alicyclic amines) is 1. The van der Waals surface area contributed by atoms with Crippen LogP contribution in [0.4, 0.5) is 5.82 Å². The van der Waals surface area contributed by atoms with Crippen LogP contribution in [0.1, 0.15) is 60.0 Å². The maximum atomic E-state index is 5.51. The molecule has 5 rings (SSSR count). The number of aryl methyl sites for hydroxylation is 3. The fourth-order valence-electron chi connectivity index (χ4n) is 5.12. The summed E-state index contributed by atoms with van der Waals surface area (Å²) >= 11 is 1.88. The summed E-state index contributed by atoms with van der Waals surface area (Å²) in [5.74, 6) is 2.80. The number of methoxy groups -OCH3 is 1. The van der Waals surface area contributed by atoms with Crippen LogP contribution in [-0.4, -0.2) is 41.6 Å². The molecule has 0 bridgehead atoms. The minimum absolute atomic E-state index is 0.306. The van der Waals surface area contributed by atoms with Gasteiger partial charge in [0, 0.05) is 11.4 Å². The average Bonchev–Trinajstić information content (AvgIpc) is 3.36. The number of hydrogen-bond acceptors (Lipinski definition) is 6. The van der Waals surface area contributed by atoms with E-state index in [1.807, 2.05) is 24.3 Å². The van der Waals surface area contributed by atoms with Crippen LogP contribution in [0, 0.1) is 6.92 Å². The smallest absolute Gasteiger partial charge is 0.138 e. The zero-order valence-corrected chi connectivity index (χ0v) is 19.4. The summed E-state index contributed by atoms with van der Waals surface area (Å²) in [6.07, 6.45) is 8.78. The van der Waals surface area contributed by atoms with Gasteiger partial charge in [-0.05, 0) is 81.8 Å². The molecule has 0 unspecified atom stereocenters. The minimum Gasteiger partial charge on any atom is -0.497 e. The van der Waals surface area contributed by atoms with Gasteiger partial charge < -0.3 is 10.1 Å². The number of nitrogens with zero attached hydrogens (tertiary/aromatic N) is 3. The Morgan fingerprint density at radius 2 is 1.94 bits per heavy atom. The highest BCUT2D eigenvalue weighted by Crippen LogP contribution is 2.38. The molecular formula is C25H32N4OS. The van der Waals surface area contributed by atoms with Gasteiger partial charge in [0.25, 0.3) is 0 Å². The molecule has 0 amide bonds. The molecule has 0 spiro atoms. The number of nitrogens with one attached hydrogen (secondary N) is 1. The lowest BCUT2D eigenvalue weighted by molar-refractivity contribution is 0.255. The van der Waals surface area contributed by atoms with Crippen LogP contribution in [-0.2, 0) is 12.8 Å². The van der Waals surface area contributed by atoms with E-state index in [0.29, 0.717) is 6.04 Å². The van der Waals surface area contributed by atoms with Gasteiger partial charge in [0.05, 0.1) is 18.5 Å². The molecule has 1 saturated heterocycles. The second kappa shape index (κ2) is 9.13. The van der Waals surface area contributed by atoms with Gasteiger partial charge in [-0.3, -0.25) is 4.90 Å². The third-order valence-electron chi connectivity index (χ3n) is 6.70. The van der Waals surface area contributed by atoms with Gasteiger partial charge in [-0.1, -0.05) is 18.6 Å². The lowest BCUT2D eigenvalue weighted by atomic mass is 10.0. The second-order valence-electron chi connectivity index (χ2n) is 8.78. The van der Waals surface area contributed by atoms with E-state index >= 15 is 0 Å².